The third-order valence-electron chi connectivity index (χ3n) is 2.48. The summed E-state index contributed by atoms with van der Waals surface area (Å²) in [4.78, 5) is 10.0. The summed E-state index contributed by atoms with van der Waals surface area (Å²) < 4.78 is 44.7. The van der Waals surface area contributed by atoms with Crippen molar-refractivity contribution in [3.05, 3.63) is 28.5 Å². The molecule has 0 amide bonds. The van der Waals surface area contributed by atoms with Crippen LogP contribution in [0.15, 0.2) is 17.0 Å². The van der Waals surface area contributed by atoms with Crippen molar-refractivity contribution in [1.82, 2.24) is 4.72 Å². The maximum Gasteiger partial charge on any atom is 0.338 e. The molecule has 2 N–H and O–H groups in total. The minimum Gasteiger partial charge on any atom is -0.478 e. The molecule has 104 valence electrons. The number of rotatable bonds is 4. The van der Waals surface area contributed by atoms with Crippen molar-refractivity contribution in [1.29, 1.82) is 0 Å². The predicted octanol–water partition coefficient (Wildman–Crippen LogP) is 0.854. The second-order valence-corrected chi connectivity index (χ2v) is 6.05. The van der Waals surface area contributed by atoms with Crippen molar-refractivity contribution in [3.8, 4) is 0 Å². The van der Waals surface area contributed by atoms with Gasteiger partial charge in [0.25, 0.3) is 0 Å². The van der Waals surface area contributed by atoms with E-state index in [9.17, 15) is 17.6 Å². The van der Waals surface area contributed by atoms with Crippen LogP contribution in [0.5, 0.6) is 0 Å². The molecular weight excluding hydrogens is 301 g/mol. The van der Waals surface area contributed by atoms with Crippen LogP contribution in [-0.4, -0.2) is 38.7 Å². The molecule has 1 fully saturated rings. The smallest absolute Gasteiger partial charge is 0.338 e. The van der Waals surface area contributed by atoms with Crippen LogP contribution in [-0.2, 0) is 14.8 Å². The largest absolute Gasteiger partial charge is 0.478 e. The second-order valence-electron chi connectivity index (χ2n) is 3.93. The van der Waals surface area contributed by atoms with E-state index in [-0.39, 0.29) is 18.2 Å². The SMILES string of the molecule is O=C(O)c1cc(Cl)cc(S(=O)(=O)NC2COC2)c1F. The highest BCUT2D eigenvalue weighted by Crippen LogP contribution is 2.24. The Morgan fingerprint density at radius 3 is 2.58 bits per heavy atom. The lowest BCUT2D eigenvalue weighted by atomic mass is 10.2. The van der Waals surface area contributed by atoms with Crippen LogP contribution in [0.1, 0.15) is 10.4 Å². The number of hydrogen-bond acceptors (Lipinski definition) is 4. The van der Waals surface area contributed by atoms with Crippen molar-refractivity contribution < 1.29 is 27.4 Å². The highest BCUT2D eigenvalue weighted by molar-refractivity contribution is 7.89. The Morgan fingerprint density at radius 1 is 1.47 bits per heavy atom. The summed E-state index contributed by atoms with van der Waals surface area (Å²) in [5.74, 6) is -2.94. The minimum atomic E-state index is -4.18. The number of ether oxygens (including phenoxy) is 1. The van der Waals surface area contributed by atoms with Gasteiger partial charge in [-0.2, -0.15) is 0 Å². The monoisotopic (exact) mass is 309 g/mol. The number of hydrogen-bond donors (Lipinski definition) is 2. The lowest BCUT2D eigenvalue weighted by Crippen LogP contribution is -2.48. The van der Waals surface area contributed by atoms with Gasteiger partial charge in [-0.15, -0.1) is 0 Å². The standard InChI is InChI=1S/C10H9ClFNO5S/c11-5-1-7(10(14)15)9(12)8(2-5)19(16,17)13-6-3-18-4-6/h1-2,6,13H,3-4H2,(H,14,15). The van der Waals surface area contributed by atoms with Gasteiger partial charge in [0.15, 0.2) is 5.82 Å². The molecule has 0 bridgehead atoms. The number of nitrogens with one attached hydrogen (secondary N) is 1. The Kier molecular flexibility index (Phi) is 3.77. The first-order valence-corrected chi connectivity index (χ1v) is 7.00. The second kappa shape index (κ2) is 5.04. The van der Waals surface area contributed by atoms with Gasteiger partial charge >= 0.3 is 5.97 Å². The van der Waals surface area contributed by atoms with E-state index in [4.69, 9.17) is 21.4 Å². The van der Waals surface area contributed by atoms with Gasteiger partial charge in [-0.3, -0.25) is 0 Å². The van der Waals surface area contributed by atoms with E-state index in [1.807, 2.05) is 0 Å². The minimum absolute atomic E-state index is 0.177. The number of benzene rings is 1. The normalized spacial score (nSPS) is 16.1. The molecule has 0 aromatic heterocycles. The maximum absolute atomic E-state index is 13.9. The summed E-state index contributed by atoms with van der Waals surface area (Å²) in [5, 5.41) is 8.61. The molecule has 0 spiro atoms. The van der Waals surface area contributed by atoms with Crippen molar-refractivity contribution in [3.63, 3.8) is 0 Å². The molecule has 1 heterocycles. The predicted molar refractivity (Wildman–Crippen MR) is 63.3 cm³/mol. The zero-order chi connectivity index (χ0) is 14.2. The molecule has 0 unspecified atom stereocenters. The molecule has 2 rings (SSSR count). The Bertz CT molecular complexity index is 629. The number of halogens is 2. The first-order valence-electron chi connectivity index (χ1n) is 5.13. The average Bonchev–Trinajstić information content (AvgIpc) is 2.26. The number of carbonyl (C=O) groups is 1. The molecule has 1 aliphatic rings. The fourth-order valence-electron chi connectivity index (χ4n) is 1.50. The third-order valence-corrected chi connectivity index (χ3v) is 4.22. The van der Waals surface area contributed by atoms with E-state index in [0.29, 0.717) is 0 Å². The molecule has 0 saturated carbocycles. The van der Waals surface area contributed by atoms with Crippen molar-refractivity contribution >= 4 is 27.6 Å². The van der Waals surface area contributed by atoms with Gasteiger partial charge in [-0.1, -0.05) is 11.6 Å². The van der Waals surface area contributed by atoms with Crippen molar-refractivity contribution in [2.75, 3.05) is 13.2 Å². The molecule has 1 aliphatic heterocycles. The quantitative estimate of drug-likeness (QED) is 0.860. The van der Waals surface area contributed by atoms with Gasteiger partial charge in [0, 0.05) is 5.02 Å². The van der Waals surface area contributed by atoms with Gasteiger partial charge < -0.3 is 9.84 Å². The Labute approximate surface area is 113 Å². The highest BCUT2D eigenvalue weighted by atomic mass is 35.5. The maximum atomic E-state index is 13.9. The zero-order valence-electron chi connectivity index (χ0n) is 9.39. The summed E-state index contributed by atoms with van der Waals surface area (Å²) in [5.41, 5.74) is -0.794. The van der Waals surface area contributed by atoms with Gasteiger partial charge in [0.05, 0.1) is 24.8 Å². The van der Waals surface area contributed by atoms with Crippen LogP contribution in [0, 0.1) is 5.82 Å². The molecule has 1 aromatic carbocycles. The molecule has 9 heteroatoms. The molecule has 6 nitrogen and oxygen atoms in total. The Hall–Kier alpha value is -1.22. The fourth-order valence-corrected chi connectivity index (χ4v) is 3.11. The third kappa shape index (κ3) is 2.86. The van der Waals surface area contributed by atoms with E-state index in [1.165, 1.54) is 0 Å². The van der Waals surface area contributed by atoms with Crippen molar-refractivity contribution in [2.24, 2.45) is 0 Å². The van der Waals surface area contributed by atoms with E-state index in [2.05, 4.69) is 4.72 Å². The van der Waals surface area contributed by atoms with Crippen LogP contribution >= 0.6 is 11.6 Å². The lowest BCUT2D eigenvalue weighted by Gasteiger charge is -2.26. The summed E-state index contributed by atoms with van der Waals surface area (Å²) >= 11 is 5.61. The summed E-state index contributed by atoms with van der Waals surface area (Å²) in [6.45, 7) is 0.375. The zero-order valence-corrected chi connectivity index (χ0v) is 11.0. The molecule has 0 aliphatic carbocycles. The van der Waals surface area contributed by atoms with Gasteiger partial charge in [0.1, 0.15) is 4.90 Å². The van der Waals surface area contributed by atoms with Crippen LogP contribution < -0.4 is 4.72 Å². The van der Waals surface area contributed by atoms with Crippen LogP contribution in [0.2, 0.25) is 5.02 Å². The summed E-state index contributed by atoms with van der Waals surface area (Å²) in [6.07, 6.45) is 0. The van der Waals surface area contributed by atoms with Crippen LogP contribution in [0.4, 0.5) is 4.39 Å². The van der Waals surface area contributed by atoms with Crippen LogP contribution in [0.3, 0.4) is 0 Å². The molecule has 1 aromatic rings. The van der Waals surface area contributed by atoms with Crippen LogP contribution in [0.25, 0.3) is 0 Å². The molecule has 0 atom stereocenters. The summed E-state index contributed by atoms with van der Waals surface area (Å²) in [6, 6.07) is 1.27. The number of sulfonamides is 1. The topological polar surface area (TPSA) is 92.7 Å². The van der Waals surface area contributed by atoms with E-state index in [0.717, 1.165) is 12.1 Å². The van der Waals surface area contributed by atoms with Crippen molar-refractivity contribution in [2.45, 2.75) is 10.9 Å². The Balaban J connectivity index is 2.46. The van der Waals surface area contributed by atoms with E-state index >= 15 is 0 Å². The van der Waals surface area contributed by atoms with E-state index < -0.39 is 38.3 Å². The van der Waals surface area contributed by atoms with Gasteiger partial charge in [-0.05, 0) is 12.1 Å². The first kappa shape index (κ1) is 14.2. The molecule has 19 heavy (non-hydrogen) atoms. The number of aromatic carboxylic acids is 1. The highest BCUT2D eigenvalue weighted by Gasteiger charge is 2.30. The Morgan fingerprint density at radius 2 is 2.11 bits per heavy atom. The summed E-state index contributed by atoms with van der Waals surface area (Å²) in [7, 11) is -4.18. The van der Waals surface area contributed by atoms with Gasteiger partial charge in [-0.25, -0.2) is 22.3 Å². The lowest BCUT2D eigenvalue weighted by molar-refractivity contribution is 0.00480. The molecule has 1 saturated heterocycles. The number of carboxylic acids is 1. The van der Waals surface area contributed by atoms with Gasteiger partial charge in [0.2, 0.25) is 10.0 Å². The first-order chi connectivity index (χ1) is 8.81. The average molecular weight is 310 g/mol. The molecular formula is C10H9ClFNO5S. The molecule has 0 radical (unpaired) electrons. The van der Waals surface area contributed by atoms with E-state index in [1.54, 1.807) is 0 Å². The number of carboxylic acid groups (broad SMARTS) is 1. The fraction of sp³-hybridized carbons (Fsp3) is 0.300.